The van der Waals surface area contributed by atoms with Crippen LogP contribution in [0, 0.1) is 0 Å². The molecule has 1 aliphatic rings. The second-order valence-corrected chi connectivity index (χ2v) is 3.71. The van der Waals surface area contributed by atoms with Crippen LogP contribution < -0.4 is 5.32 Å². The lowest BCUT2D eigenvalue weighted by atomic mass is 10.1. The fourth-order valence-electron chi connectivity index (χ4n) is 1.51. The van der Waals surface area contributed by atoms with E-state index in [1.165, 1.54) is 0 Å². The fourth-order valence-corrected chi connectivity index (χ4v) is 1.67. The molecule has 2 heterocycles. The minimum atomic E-state index is 0.365. The van der Waals surface area contributed by atoms with Gasteiger partial charge in [-0.25, -0.2) is 0 Å². The van der Waals surface area contributed by atoms with Gasteiger partial charge in [0, 0.05) is 18.7 Å². The number of anilines is 1. The van der Waals surface area contributed by atoms with Gasteiger partial charge in [0.2, 0.25) is 0 Å². The highest BCUT2D eigenvalue weighted by atomic mass is 35.5. The molecule has 1 aliphatic heterocycles. The molecule has 5 heteroatoms. The van der Waals surface area contributed by atoms with Gasteiger partial charge in [-0.3, -0.25) is 0 Å². The number of rotatable bonds is 2. The summed E-state index contributed by atoms with van der Waals surface area (Å²) in [6, 6.07) is 2.13. The van der Waals surface area contributed by atoms with Crippen molar-refractivity contribution in [3.05, 3.63) is 17.4 Å². The highest BCUT2D eigenvalue weighted by Gasteiger charge is 2.13. The zero-order valence-corrected chi connectivity index (χ0v) is 8.50. The summed E-state index contributed by atoms with van der Waals surface area (Å²) in [7, 11) is 0. The maximum atomic E-state index is 5.72. The van der Waals surface area contributed by atoms with E-state index in [0.717, 1.165) is 31.7 Å². The molecule has 1 aromatic rings. The van der Waals surface area contributed by atoms with E-state index >= 15 is 0 Å². The van der Waals surface area contributed by atoms with Crippen molar-refractivity contribution in [3.63, 3.8) is 0 Å². The van der Waals surface area contributed by atoms with Crippen LogP contribution in [0.25, 0.3) is 0 Å². The third kappa shape index (κ3) is 2.56. The Morgan fingerprint density at radius 2 is 2.50 bits per heavy atom. The molecule has 1 aromatic heterocycles. The van der Waals surface area contributed by atoms with Gasteiger partial charge >= 0.3 is 0 Å². The van der Waals surface area contributed by atoms with Crippen molar-refractivity contribution in [1.82, 2.24) is 10.2 Å². The van der Waals surface area contributed by atoms with Crippen LogP contribution in [0.5, 0.6) is 0 Å². The van der Waals surface area contributed by atoms with Crippen molar-refractivity contribution in [2.75, 3.05) is 18.5 Å². The van der Waals surface area contributed by atoms with Gasteiger partial charge in [0.15, 0.2) is 5.15 Å². The van der Waals surface area contributed by atoms with Gasteiger partial charge in [0.05, 0.1) is 18.5 Å². The van der Waals surface area contributed by atoms with Crippen molar-refractivity contribution in [2.24, 2.45) is 0 Å². The summed E-state index contributed by atoms with van der Waals surface area (Å²) in [6.45, 7) is 1.62. The van der Waals surface area contributed by atoms with Crippen LogP contribution in [-0.4, -0.2) is 29.5 Å². The molecule has 0 saturated carbocycles. The Kier molecular flexibility index (Phi) is 3.16. The molecule has 0 aromatic carbocycles. The first-order valence-electron chi connectivity index (χ1n) is 4.67. The van der Waals surface area contributed by atoms with E-state index in [4.69, 9.17) is 16.3 Å². The molecule has 76 valence electrons. The van der Waals surface area contributed by atoms with Crippen molar-refractivity contribution in [3.8, 4) is 0 Å². The van der Waals surface area contributed by atoms with Crippen LogP contribution in [0.15, 0.2) is 12.3 Å². The summed E-state index contributed by atoms with van der Waals surface area (Å²) in [5.74, 6) is 0. The molecule has 4 nitrogen and oxygen atoms in total. The number of halogens is 1. The van der Waals surface area contributed by atoms with E-state index in [1.807, 2.05) is 0 Å². The maximum absolute atomic E-state index is 5.72. The molecule has 0 amide bonds. The molecular formula is C9H12ClN3O. The zero-order valence-electron chi connectivity index (χ0n) is 7.74. The van der Waals surface area contributed by atoms with Gasteiger partial charge in [-0.1, -0.05) is 11.6 Å². The minimum absolute atomic E-state index is 0.365. The van der Waals surface area contributed by atoms with E-state index in [0.29, 0.717) is 11.2 Å². The number of nitrogens with one attached hydrogen (secondary N) is 1. The third-order valence-corrected chi connectivity index (χ3v) is 2.34. The van der Waals surface area contributed by atoms with Gasteiger partial charge in [-0.2, -0.15) is 5.10 Å². The summed E-state index contributed by atoms with van der Waals surface area (Å²) in [5.41, 5.74) is 0.903. The molecule has 1 fully saturated rings. The number of nitrogens with zero attached hydrogens (tertiary/aromatic N) is 2. The van der Waals surface area contributed by atoms with E-state index in [2.05, 4.69) is 15.5 Å². The van der Waals surface area contributed by atoms with E-state index < -0.39 is 0 Å². The monoisotopic (exact) mass is 213 g/mol. The Bertz CT molecular complexity index is 302. The summed E-state index contributed by atoms with van der Waals surface area (Å²) in [6.07, 6.45) is 3.89. The first-order chi connectivity index (χ1) is 6.84. The van der Waals surface area contributed by atoms with Crippen LogP contribution in [0.2, 0.25) is 5.15 Å². The Balaban J connectivity index is 1.95. The van der Waals surface area contributed by atoms with Crippen molar-refractivity contribution in [2.45, 2.75) is 18.9 Å². The Morgan fingerprint density at radius 1 is 1.57 bits per heavy atom. The zero-order chi connectivity index (χ0) is 9.80. The van der Waals surface area contributed by atoms with Crippen LogP contribution >= 0.6 is 11.6 Å². The molecule has 1 saturated heterocycles. The number of ether oxygens (including phenoxy) is 1. The molecule has 0 aliphatic carbocycles. The molecule has 14 heavy (non-hydrogen) atoms. The third-order valence-electron chi connectivity index (χ3n) is 2.16. The molecule has 1 N–H and O–H groups in total. The standard InChI is InChI=1S/C9H12ClN3O/c10-9-4-8(5-11-13-9)12-7-2-1-3-14-6-7/h4-5,7H,1-3,6H2,(H,12,13). The molecule has 0 spiro atoms. The summed E-state index contributed by atoms with van der Waals surface area (Å²) in [5, 5.41) is 11.2. The van der Waals surface area contributed by atoms with Crippen molar-refractivity contribution < 1.29 is 4.74 Å². The van der Waals surface area contributed by atoms with Gasteiger partial charge in [-0.05, 0) is 12.8 Å². The summed E-state index contributed by atoms with van der Waals surface area (Å²) in [4.78, 5) is 0. The number of hydrogen-bond donors (Lipinski definition) is 1. The molecule has 0 radical (unpaired) electrons. The van der Waals surface area contributed by atoms with Crippen LogP contribution in [0.4, 0.5) is 5.69 Å². The average molecular weight is 214 g/mol. The predicted molar refractivity (Wildman–Crippen MR) is 54.5 cm³/mol. The lowest BCUT2D eigenvalue weighted by molar-refractivity contribution is 0.0876. The van der Waals surface area contributed by atoms with Gasteiger partial charge in [0.1, 0.15) is 0 Å². The molecule has 0 bridgehead atoms. The second-order valence-electron chi connectivity index (χ2n) is 3.33. The van der Waals surface area contributed by atoms with Gasteiger partial charge in [0.25, 0.3) is 0 Å². The quantitative estimate of drug-likeness (QED) is 0.813. The Hall–Kier alpha value is -0.870. The van der Waals surface area contributed by atoms with Crippen molar-refractivity contribution in [1.29, 1.82) is 0 Å². The topological polar surface area (TPSA) is 47.0 Å². The lowest BCUT2D eigenvalue weighted by Crippen LogP contribution is -2.29. The Labute approximate surface area is 87.6 Å². The van der Waals surface area contributed by atoms with Gasteiger partial charge in [-0.15, -0.1) is 5.10 Å². The minimum Gasteiger partial charge on any atom is -0.379 e. The van der Waals surface area contributed by atoms with E-state index in [-0.39, 0.29) is 0 Å². The molecule has 2 rings (SSSR count). The summed E-state index contributed by atoms with van der Waals surface area (Å²) >= 11 is 5.72. The smallest absolute Gasteiger partial charge is 0.153 e. The highest BCUT2D eigenvalue weighted by molar-refractivity contribution is 6.29. The Morgan fingerprint density at radius 3 is 3.21 bits per heavy atom. The normalized spacial score (nSPS) is 21.9. The fraction of sp³-hybridized carbons (Fsp3) is 0.556. The molecular weight excluding hydrogens is 202 g/mol. The molecule has 1 atom stereocenters. The average Bonchev–Trinajstić information content (AvgIpc) is 2.19. The van der Waals surface area contributed by atoms with Crippen molar-refractivity contribution >= 4 is 17.3 Å². The highest BCUT2D eigenvalue weighted by Crippen LogP contribution is 2.15. The second kappa shape index (κ2) is 4.57. The largest absolute Gasteiger partial charge is 0.379 e. The number of aromatic nitrogens is 2. The van der Waals surface area contributed by atoms with Crippen LogP contribution in [0.3, 0.4) is 0 Å². The first-order valence-corrected chi connectivity index (χ1v) is 5.05. The van der Waals surface area contributed by atoms with E-state index in [1.54, 1.807) is 12.3 Å². The van der Waals surface area contributed by atoms with E-state index in [9.17, 15) is 0 Å². The predicted octanol–water partition coefficient (Wildman–Crippen LogP) is 1.72. The van der Waals surface area contributed by atoms with Crippen LogP contribution in [0.1, 0.15) is 12.8 Å². The van der Waals surface area contributed by atoms with Crippen LogP contribution in [-0.2, 0) is 4.74 Å². The first kappa shape index (κ1) is 9.68. The molecule has 1 unspecified atom stereocenters. The lowest BCUT2D eigenvalue weighted by Gasteiger charge is -2.23. The SMILES string of the molecule is Clc1cc(NC2CCCOC2)cnn1. The summed E-state index contributed by atoms with van der Waals surface area (Å²) < 4.78 is 5.35. The number of hydrogen-bond acceptors (Lipinski definition) is 4. The maximum Gasteiger partial charge on any atom is 0.153 e. The van der Waals surface area contributed by atoms with Gasteiger partial charge < -0.3 is 10.1 Å².